The van der Waals surface area contributed by atoms with Crippen molar-refractivity contribution < 1.29 is 9.90 Å². The standard InChI is InChI=1S/C21H29N5O2/c1-24-19(15-25-11-3-2-4-12-25)22-23-20(24)16-9-13-26(14-10-16)21(28)17-5-7-18(27)8-6-17/h5-8,16,27H,2-4,9-15H2,1H3. The molecule has 1 N–H and O–H groups in total. The van der Waals surface area contributed by atoms with E-state index in [9.17, 15) is 9.90 Å². The molecule has 0 bridgehead atoms. The van der Waals surface area contributed by atoms with E-state index in [4.69, 9.17) is 0 Å². The molecule has 150 valence electrons. The summed E-state index contributed by atoms with van der Waals surface area (Å²) in [5, 5.41) is 18.4. The van der Waals surface area contributed by atoms with E-state index in [1.54, 1.807) is 24.3 Å². The van der Waals surface area contributed by atoms with Gasteiger partial charge < -0.3 is 14.6 Å². The number of piperidine rings is 2. The lowest BCUT2D eigenvalue weighted by molar-refractivity contribution is 0.0710. The van der Waals surface area contributed by atoms with Crippen LogP contribution in [-0.2, 0) is 13.6 Å². The molecule has 0 spiro atoms. The molecule has 2 aromatic rings. The van der Waals surface area contributed by atoms with E-state index in [0.29, 0.717) is 11.5 Å². The van der Waals surface area contributed by atoms with Crippen LogP contribution in [0.2, 0.25) is 0 Å². The lowest BCUT2D eigenvalue weighted by atomic mass is 9.95. The Bertz CT molecular complexity index is 803. The molecule has 2 saturated heterocycles. The van der Waals surface area contributed by atoms with Crippen LogP contribution in [0, 0.1) is 0 Å². The predicted octanol–water partition coefficient (Wildman–Crippen LogP) is 2.53. The van der Waals surface area contributed by atoms with Crippen LogP contribution in [0.4, 0.5) is 0 Å². The summed E-state index contributed by atoms with van der Waals surface area (Å²) >= 11 is 0. The fourth-order valence-electron chi connectivity index (χ4n) is 4.31. The number of amides is 1. The summed E-state index contributed by atoms with van der Waals surface area (Å²) in [5.41, 5.74) is 0.624. The summed E-state index contributed by atoms with van der Waals surface area (Å²) in [5.74, 6) is 2.64. The molecule has 0 saturated carbocycles. The predicted molar refractivity (Wildman–Crippen MR) is 106 cm³/mol. The van der Waals surface area contributed by atoms with Gasteiger partial charge in [0.05, 0.1) is 6.54 Å². The van der Waals surface area contributed by atoms with Gasteiger partial charge in [-0.2, -0.15) is 0 Å². The maximum atomic E-state index is 12.7. The Labute approximate surface area is 166 Å². The number of benzene rings is 1. The fraction of sp³-hybridized carbons (Fsp3) is 0.571. The second-order valence-electron chi connectivity index (χ2n) is 7.98. The van der Waals surface area contributed by atoms with Gasteiger partial charge in [-0.05, 0) is 63.0 Å². The maximum Gasteiger partial charge on any atom is 0.253 e. The van der Waals surface area contributed by atoms with Crippen LogP contribution in [0.3, 0.4) is 0 Å². The van der Waals surface area contributed by atoms with E-state index in [2.05, 4.69) is 26.7 Å². The van der Waals surface area contributed by atoms with Gasteiger partial charge in [0.25, 0.3) is 5.91 Å². The van der Waals surface area contributed by atoms with Gasteiger partial charge in [0.2, 0.25) is 0 Å². The molecular formula is C21H29N5O2. The number of phenolic OH excluding ortho intramolecular Hbond substituents is 1. The van der Waals surface area contributed by atoms with Crippen molar-refractivity contribution in [3.8, 4) is 5.75 Å². The molecule has 1 aromatic carbocycles. The van der Waals surface area contributed by atoms with Crippen LogP contribution < -0.4 is 0 Å². The van der Waals surface area contributed by atoms with E-state index < -0.39 is 0 Å². The number of carbonyl (C=O) groups excluding carboxylic acids is 1. The summed E-state index contributed by atoms with van der Waals surface area (Å²) in [7, 11) is 2.07. The minimum Gasteiger partial charge on any atom is -0.508 e. The zero-order valence-electron chi connectivity index (χ0n) is 16.5. The van der Waals surface area contributed by atoms with Crippen molar-refractivity contribution in [2.45, 2.75) is 44.6 Å². The Kier molecular flexibility index (Phi) is 5.62. The largest absolute Gasteiger partial charge is 0.508 e. The normalized spacial score (nSPS) is 19.1. The summed E-state index contributed by atoms with van der Waals surface area (Å²) in [6.45, 7) is 4.62. The average molecular weight is 383 g/mol. The van der Waals surface area contributed by atoms with Crippen molar-refractivity contribution >= 4 is 5.91 Å². The fourth-order valence-corrected chi connectivity index (χ4v) is 4.31. The van der Waals surface area contributed by atoms with Crippen LogP contribution >= 0.6 is 0 Å². The Morgan fingerprint density at radius 2 is 1.71 bits per heavy atom. The number of rotatable bonds is 4. The number of hydrogen-bond acceptors (Lipinski definition) is 5. The molecule has 1 amide bonds. The highest BCUT2D eigenvalue weighted by molar-refractivity contribution is 5.94. The zero-order valence-corrected chi connectivity index (χ0v) is 16.5. The Morgan fingerprint density at radius 1 is 1.04 bits per heavy atom. The second kappa shape index (κ2) is 8.31. The molecule has 4 rings (SSSR count). The molecule has 2 aliphatic heterocycles. The average Bonchev–Trinajstić information content (AvgIpc) is 3.09. The third-order valence-corrected chi connectivity index (χ3v) is 6.07. The molecule has 2 fully saturated rings. The van der Waals surface area contributed by atoms with E-state index in [1.165, 1.54) is 19.3 Å². The maximum absolute atomic E-state index is 12.7. The van der Waals surface area contributed by atoms with Gasteiger partial charge in [0.1, 0.15) is 17.4 Å². The second-order valence-corrected chi connectivity index (χ2v) is 7.98. The monoisotopic (exact) mass is 383 g/mol. The number of nitrogens with zero attached hydrogens (tertiary/aromatic N) is 5. The first kappa shape index (κ1) is 18.9. The van der Waals surface area contributed by atoms with Crippen LogP contribution in [0.25, 0.3) is 0 Å². The summed E-state index contributed by atoms with van der Waals surface area (Å²) in [6, 6.07) is 6.48. The van der Waals surface area contributed by atoms with Crippen molar-refractivity contribution in [1.82, 2.24) is 24.6 Å². The van der Waals surface area contributed by atoms with Crippen molar-refractivity contribution in [2.24, 2.45) is 7.05 Å². The lowest BCUT2D eigenvalue weighted by Crippen LogP contribution is -2.38. The number of aromatic nitrogens is 3. The quantitative estimate of drug-likeness (QED) is 0.878. The van der Waals surface area contributed by atoms with Gasteiger partial charge in [-0.3, -0.25) is 9.69 Å². The van der Waals surface area contributed by atoms with E-state index in [-0.39, 0.29) is 11.7 Å². The molecule has 0 aliphatic carbocycles. The first-order valence-corrected chi connectivity index (χ1v) is 10.3. The molecular weight excluding hydrogens is 354 g/mol. The third-order valence-electron chi connectivity index (χ3n) is 6.07. The van der Waals surface area contributed by atoms with Gasteiger partial charge in [0, 0.05) is 31.6 Å². The highest BCUT2D eigenvalue weighted by Crippen LogP contribution is 2.28. The Hall–Kier alpha value is -2.41. The Balaban J connectivity index is 1.36. The van der Waals surface area contributed by atoms with Crippen LogP contribution in [-0.4, -0.2) is 61.8 Å². The molecule has 0 radical (unpaired) electrons. The number of likely N-dealkylation sites (tertiary alicyclic amines) is 2. The smallest absolute Gasteiger partial charge is 0.253 e. The number of phenols is 1. The third kappa shape index (κ3) is 4.04. The molecule has 7 heteroatoms. The van der Waals surface area contributed by atoms with Crippen molar-refractivity contribution in [1.29, 1.82) is 0 Å². The molecule has 0 unspecified atom stereocenters. The summed E-state index contributed by atoms with van der Waals surface area (Å²) in [4.78, 5) is 17.0. The first-order chi connectivity index (χ1) is 13.6. The van der Waals surface area contributed by atoms with Gasteiger partial charge in [-0.25, -0.2) is 0 Å². The van der Waals surface area contributed by atoms with Crippen molar-refractivity contribution in [3.63, 3.8) is 0 Å². The number of aromatic hydroxyl groups is 1. The minimum atomic E-state index is 0.0298. The first-order valence-electron chi connectivity index (χ1n) is 10.3. The Morgan fingerprint density at radius 3 is 2.39 bits per heavy atom. The lowest BCUT2D eigenvalue weighted by Gasteiger charge is -2.31. The van der Waals surface area contributed by atoms with E-state index >= 15 is 0 Å². The molecule has 7 nitrogen and oxygen atoms in total. The highest BCUT2D eigenvalue weighted by Gasteiger charge is 2.28. The van der Waals surface area contributed by atoms with E-state index in [1.807, 2.05) is 4.90 Å². The molecule has 0 atom stereocenters. The van der Waals surface area contributed by atoms with Crippen LogP contribution in [0.1, 0.15) is 60.0 Å². The summed E-state index contributed by atoms with van der Waals surface area (Å²) in [6.07, 6.45) is 5.69. The molecule has 2 aliphatic rings. The molecule has 28 heavy (non-hydrogen) atoms. The molecule has 3 heterocycles. The van der Waals surface area contributed by atoms with Crippen molar-refractivity contribution in [2.75, 3.05) is 26.2 Å². The van der Waals surface area contributed by atoms with Gasteiger partial charge in [-0.15, -0.1) is 10.2 Å². The van der Waals surface area contributed by atoms with Crippen LogP contribution in [0.5, 0.6) is 5.75 Å². The number of carbonyl (C=O) groups is 1. The highest BCUT2D eigenvalue weighted by atomic mass is 16.3. The summed E-state index contributed by atoms with van der Waals surface area (Å²) < 4.78 is 2.16. The SMILES string of the molecule is Cn1c(CN2CCCCC2)nnc1C1CCN(C(=O)c2ccc(O)cc2)CC1. The zero-order chi connectivity index (χ0) is 19.5. The van der Waals surface area contributed by atoms with E-state index in [0.717, 1.165) is 57.2 Å². The minimum absolute atomic E-state index is 0.0298. The topological polar surface area (TPSA) is 74.5 Å². The van der Waals surface area contributed by atoms with Gasteiger partial charge in [0.15, 0.2) is 0 Å². The van der Waals surface area contributed by atoms with Gasteiger partial charge >= 0.3 is 0 Å². The van der Waals surface area contributed by atoms with Crippen LogP contribution in [0.15, 0.2) is 24.3 Å². The number of hydrogen-bond donors (Lipinski definition) is 1. The van der Waals surface area contributed by atoms with Crippen molar-refractivity contribution in [3.05, 3.63) is 41.5 Å². The molecule has 1 aromatic heterocycles. The van der Waals surface area contributed by atoms with Gasteiger partial charge in [-0.1, -0.05) is 6.42 Å².